The van der Waals surface area contributed by atoms with E-state index in [-0.39, 0.29) is 42.3 Å². The molecule has 55 heavy (non-hydrogen) atoms. The van der Waals surface area contributed by atoms with Crippen molar-refractivity contribution in [2.75, 3.05) is 30.3 Å². The number of hydrogen-bond acceptors (Lipinski definition) is 12. The molecule has 0 bridgehead atoms. The Morgan fingerprint density at radius 3 is 2.44 bits per heavy atom. The Morgan fingerprint density at radius 2 is 1.67 bits per heavy atom. The van der Waals surface area contributed by atoms with Crippen LogP contribution in [0.15, 0.2) is 77.8 Å². The van der Waals surface area contributed by atoms with Crippen LogP contribution in [-0.2, 0) is 20.9 Å². The number of aromatic nitrogens is 4. The van der Waals surface area contributed by atoms with Crippen LogP contribution in [-0.4, -0.2) is 85.6 Å². The van der Waals surface area contributed by atoms with Gasteiger partial charge in [0.15, 0.2) is 5.65 Å². The summed E-state index contributed by atoms with van der Waals surface area (Å²) < 4.78 is 7.14. The summed E-state index contributed by atoms with van der Waals surface area (Å²) in [6, 6.07) is 14.5. The minimum absolute atomic E-state index is 0.0277. The van der Waals surface area contributed by atoms with Gasteiger partial charge in [-0.2, -0.15) is 0 Å². The zero-order chi connectivity index (χ0) is 38.3. The molecule has 0 radical (unpaired) electrons. The number of rotatable bonds is 16. The standard InChI is InChI=1S/C38H38N10O7/c49-30-15-14-29(35(52)45-30)48-36(53)26-8-5-9-28(32(26)37(48)54)41-21-31(50)39-16-3-1-2-4-17-40-34(51)24-12-10-23(11-13-24)27-20-43-38(47-22-44-46-33(27)47)42-19-25-7-6-18-55-25/h5-13,18,20,22,29,41H,1-4,14-17,19,21H2,(H,39,50)(H,40,51)(H,42,43)(H,45,49,52). The zero-order valence-electron chi connectivity index (χ0n) is 29.7. The zero-order valence-corrected chi connectivity index (χ0v) is 29.7. The second-order valence-electron chi connectivity index (χ2n) is 13.1. The van der Waals surface area contributed by atoms with Gasteiger partial charge < -0.3 is 25.7 Å². The molecule has 5 N–H and O–H groups in total. The third-order valence-electron chi connectivity index (χ3n) is 9.41. The Hall–Kier alpha value is -6.91. The molecule has 6 amide bonds. The highest BCUT2D eigenvalue weighted by Gasteiger charge is 2.45. The van der Waals surface area contributed by atoms with Gasteiger partial charge in [0.25, 0.3) is 17.7 Å². The van der Waals surface area contributed by atoms with Crippen molar-refractivity contribution in [1.82, 2.24) is 40.4 Å². The highest BCUT2D eigenvalue weighted by atomic mass is 16.3. The van der Waals surface area contributed by atoms with Crippen LogP contribution in [0, 0.1) is 0 Å². The highest BCUT2D eigenvalue weighted by Crippen LogP contribution is 2.32. The van der Waals surface area contributed by atoms with Gasteiger partial charge in [0, 0.05) is 42.5 Å². The lowest BCUT2D eigenvalue weighted by atomic mass is 10.0. The van der Waals surface area contributed by atoms with Gasteiger partial charge >= 0.3 is 0 Å². The van der Waals surface area contributed by atoms with Gasteiger partial charge in [-0.25, -0.2) is 4.98 Å². The van der Waals surface area contributed by atoms with E-state index in [1.807, 2.05) is 24.3 Å². The van der Waals surface area contributed by atoms with Gasteiger partial charge in [0.2, 0.25) is 23.7 Å². The van der Waals surface area contributed by atoms with E-state index in [2.05, 4.69) is 41.8 Å². The fraction of sp³-hybridized carbons (Fsp3) is 0.289. The third kappa shape index (κ3) is 8.04. The molecule has 1 saturated heterocycles. The highest BCUT2D eigenvalue weighted by molar-refractivity contribution is 6.25. The van der Waals surface area contributed by atoms with E-state index in [4.69, 9.17) is 4.42 Å². The van der Waals surface area contributed by atoms with Crippen molar-refractivity contribution in [2.45, 2.75) is 51.1 Å². The number of nitrogens with one attached hydrogen (secondary N) is 5. The number of imide groups is 2. The van der Waals surface area contributed by atoms with Crippen LogP contribution in [0.5, 0.6) is 0 Å². The number of carbonyl (C=O) groups is 6. The van der Waals surface area contributed by atoms with Crippen LogP contribution in [0.1, 0.15) is 75.4 Å². The van der Waals surface area contributed by atoms with E-state index in [0.29, 0.717) is 42.5 Å². The van der Waals surface area contributed by atoms with Crippen LogP contribution >= 0.6 is 0 Å². The molecule has 2 aromatic carbocycles. The molecule has 282 valence electrons. The second-order valence-corrected chi connectivity index (χ2v) is 13.1. The SMILES string of the molecule is O=C(CNc1cccc2c1C(=O)N(C1CCC(=O)NC1=O)C2=O)NCCCCCCNC(=O)c1ccc(-c2cnc(NCc3ccco3)n3cnnc23)cc1. The molecule has 0 spiro atoms. The summed E-state index contributed by atoms with van der Waals surface area (Å²) in [5.74, 6) is -1.50. The van der Waals surface area contributed by atoms with E-state index in [1.165, 1.54) is 6.07 Å². The maximum absolute atomic E-state index is 13.2. The predicted molar refractivity (Wildman–Crippen MR) is 198 cm³/mol. The van der Waals surface area contributed by atoms with Crippen LogP contribution in [0.2, 0.25) is 0 Å². The summed E-state index contributed by atoms with van der Waals surface area (Å²) in [4.78, 5) is 80.9. The molecule has 1 atom stereocenters. The molecule has 7 rings (SSSR count). The number of piperidine rings is 1. The molecule has 1 fully saturated rings. The Bertz CT molecular complexity index is 2250. The Balaban J connectivity index is 0.795. The van der Waals surface area contributed by atoms with Crippen molar-refractivity contribution in [3.8, 4) is 11.1 Å². The maximum Gasteiger partial charge on any atom is 0.264 e. The first-order valence-electron chi connectivity index (χ1n) is 18.0. The van der Waals surface area contributed by atoms with E-state index in [0.717, 1.165) is 47.5 Å². The van der Waals surface area contributed by atoms with Crippen LogP contribution in [0.25, 0.3) is 16.8 Å². The lowest BCUT2D eigenvalue weighted by molar-refractivity contribution is -0.136. The quantitative estimate of drug-likeness (QED) is 0.0727. The van der Waals surface area contributed by atoms with Gasteiger partial charge in [0.05, 0.1) is 30.5 Å². The number of hydrogen-bond donors (Lipinski definition) is 5. The lowest BCUT2D eigenvalue weighted by Gasteiger charge is -2.27. The normalized spacial score (nSPS) is 15.2. The number of benzene rings is 2. The fourth-order valence-corrected chi connectivity index (χ4v) is 6.57. The largest absolute Gasteiger partial charge is 0.467 e. The second kappa shape index (κ2) is 16.4. The molecule has 5 aromatic rings. The molecule has 5 heterocycles. The predicted octanol–water partition coefficient (Wildman–Crippen LogP) is 2.92. The molecular weight excluding hydrogens is 708 g/mol. The van der Waals surface area contributed by atoms with Gasteiger partial charge in [-0.3, -0.25) is 43.4 Å². The van der Waals surface area contributed by atoms with E-state index in [1.54, 1.807) is 47.5 Å². The first kappa shape index (κ1) is 36.4. The van der Waals surface area contributed by atoms with Crippen LogP contribution in [0.4, 0.5) is 11.6 Å². The Labute approximate surface area is 314 Å². The topological polar surface area (TPSA) is 222 Å². The number of unbranched alkanes of at least 4 members (excludes halogenated alkanes) is 3. The van der Waals surface area contributed by atoms with Crippen molar-refractivity contribution in [1.29, 1.82) is 0 Å². The minimum Gasteiger partial charge on any atom is -0.467 e. The smallest absolute Gasteiger partial charge is 0.264 e. The lowest BCUT2D eigenvalue weighted by Crippen LogP contribution is -2.54. The summed E-state index contributed by atoms with van der Waals surface area (Å²) in [5, 5.41) is 22.4. The molecule has 17 nitrogen and oxygen atoms in total. The van der Waals surface area contributed by atoms with Gasteiger partial charge in [0.1, 0.15) is 18.1 Å². The summed E-state index contributed by atoms with van der Waals surface area (Å²) in [6.45, 7) is 1.30. The van der Waals surface area contributed by atoms with Crippen LogP contribution < -0.4 is 26.6 Å². The number of nitrogens with zero attached hydrogens (tertiary/aromatic N) is 5. The molecule has 0 saturated carbocycles. The van der Waals surface area contributed by atoms with E-state index in [9.17, 15) is 28.8 Å². The maximum atomic E-state index is 13.2. The summed E-state index contributed by atoms with van der Waals surface area (Å²) in [6.07, 6.45) is 8.22. The van der Waals surface area contributed by atoms with Crippen molar-refractivity contribution in [3.63, 3.8) is 0 Å². The molecule has 0 aliphatic carbocycles. The molecule has 2 aliphatic heterocycles. The Kier molecular flexibility index (Phi) is 10.9. The first-order chi connectivity index (χ1) is 26.8. The monoisotopic (exact) mass is 746 g/mol. The number of amides is 6. The molecule has 1 unspecified atom stereocenters. The van der Waals surface area contributed by atoms with Crippen molar-refractivity contribution in [2.24, 2.45) is 0 Å². The van der Waals surface area contributed by atoms with Gasteiger partial charge in [-0.05, 0) is 61.2 Å². The first-order valence-corrected chi connectivity index (χ1v) is 18.0. The molecule has 2 aliphatic rings. The molecule has 3 aromatic heterocycles. The summed E-state index contributed by atoms with van der Waals surface area (Å²) >= 11 is 0. The number of furan rings is 1. The van der Waals surface area contributed by atoms with E-state index >= 15 is 0 Å². The minimum atomic E-state index is -1.07. The van der Waals surface area contributed by atoms with Crippen molar-refractivity contribution >= 4 is 52.7 Å². The van der Waals surface area contributed by atoms with E-state index < -0.39 is 29.7 Å². The van der Waals surface area contributed by atoms with Gasteiger partial charge in [-0.1, -0.05) is 31.0 Å². The van der Waals surface area contributed by atoms with Crippen molar-refractivity contribution < 1.29 is 33.2 Å². The average molecular weight is 747 g/mol. The molecule has 17 heteroatoms. The third-order valence-corrected chi connectivity index (χ3v) is 9.41. The van der Waals surface area contributed by atoms with Crippen LogP contribution in [0.3, 0.4) is 0 Å². The van der Waals surface area contributed by atoms with Crippen molar-refractivity contribution in [3.05, 3.63) is 95.8 Å². The summed E-state index contributed by atoms with van der Waals surface area (Å²) in [5.41, 5.74) is 3.31. The van der Waals surface area contributed by atoms with Gasteiger partial charge in [-0.15, -0.1) is 10.2 Å². The Morgan fingerprint density at radius 1 is 0.873 bits per heavy atom. The summed E-state index contributed by atoms with van der Waals surface area (Å²) in [7, 11) is 0. The average Bonchev–Trinajstić information content (AvgIpc) is 3.96. The number of anilines is 2. The molecular formula is C38H38N10O7. The fourth-order valence-electron chi connectivity index (χ4n) is 6.57. The number of fused-ring (bicyclic) bond motifs is 2. The number of carbonyl (C=O) groups excluding carboxylic acids is 6.